The molecular weight excluding hydrogens is 220 g/mol. The highest BCUT2D eigenvalue weighted by Gasteiger charge is 2.27. The first-order valence-electron chi connectivity index (χ1n) is 5.46. The number of nitrogens with one attached hydrogen (secondary N) is 2. The lowest BCUT2D eigenvalue weighted by molar-refractivity contribution is -0.141. The van der Waals surface area contributed by atoms with Gasteiger partial charge in [0, 0.05) is 12.6 Å². The molecule has 3 N–H and O–H groups in total. The minimum atomic E-state index is -1.07. The van der Waals surface area contributed by atoms with E-state index in [1.54, 1.807) is 26.8 Å². The SMILES string of the molecule is CCNc1cc(NC(C)(C)C(=O)O)nc(C)n1. The Bertz CT molecular complexity index is 418. The van der Waals surface area contributed by atoms with E-state index in [0.29, 0.717) is 17.5 Å². The van der Waals surface area contributed by atoms with Gasteiger partial charge in [0.2, 0.25) is 0 Å². The zero-order valence-electron chi connectivity index (χ0n) is 10.5. The van der Waals surface area contributed by atoms with Crippen molar-refractivity contribution in [2.45, 2.75) is 33.2 Å². The van der Waals surface area contributed by atoms with Gasteiger partial charge in [0.1, 0.15) is 23.0 Å². The van der Waals surface area contributed by atoms with Gasteiger partial charge in [-0.1, -0.05) is 0 Å². The van der Waals surface area contributed by atoms with Crippen molar-refractivity contribution in [2.24, 2.45) is 0 Å². The van der Waals surface area contributed by atoms with Gasteiger partial charge in [-0.25, -0.2) is 14.8 Å². The molecule has 0 aromatic carbocycles. The summed E-state index contributed by atoms with van der Waals surface area (Å²) in [5.74, 6) is 0.843. The predicted octanol–water partition coefficient (Wildman–Crippen LogP) is 1.49. The third kappa shape index (κ3) is 3.58. The molecule has 0 spiro atoms. The first kappa shape index (κ1) is 13.2. The van der Waals surface area contributed by atoms with Gasteiger partial charge >= 0.3 is 5.97 Å². The number of nitrogens with zero attached hydrogens (tertiary/aromatic N) is 2. The number of hydrogen-bond donors (Lipinski definition) is 3. The molecule has 0 saturated heterocycles. The number of carboxylic acid groups (broad SMARTS) is 1. The van der Waals surface area contributed by atoms with Crippen LogP contribution >= 0.6 is 0 Å². The van der Waals surface area contributed by atoms with Crippen LogP contribution in [0.2, 0.25) is 0 Å². The third-order valence-electron chi connectivity index (χ3n) is 2.17. The van der Waals surface area contributed by atoms with E-state index in [1.807, 2.05) is 6.92 Å². The summed E-state index contributed by atoms with van der Waals surface area (Å²) in [6.45, 7) is 7.64. The number of aromatic nitrogens is 2. The van der Waals surface area contributed by atoms with Crippen molar-refractivity contribution in [3.63, 3.8) is 0 Å². The summed E-state index contributed by atoms with van der Waals surface area (Å²) in [6.07, 6.45) is 0. The molecule has 1 aromatic heterocycles. The molecule has 0 unspecified atom stereocenters. The quantitative estimate of drug-likeness (QED) is 0.720. The minimum Gasteiger partial charge on any atom is -0.480 e. The topological polar surface area (TPSA) is 87.1 Å². The Morgan fingerprint density at radius 3 is 2.53 bits per heavy atom. The molecule has 0 atom stereocenters. The number of hydrogen-bond acceptors (Lipinski definition) is 5. The second kappa shape index (κ2) is 4.99. The number of aliphatic carboxylic acids is 1. The maximum atomic E-state index is 11.0. The normalized spacial score (nSPS) is 11.1. The fourth-order valence-electron chi connectivity index (χ4n) is 1.28. The zero-order chi connectivity index (χ0) is 13.1. The van der Waals surface area contributed by atoms with Gasteiger partial charge in [0.15, 0.2) is 0 Å². The summed E-state index contributed by atoms with van der Waals surface area (Å²) in [5, 5.41) is 15.0. The molecule has 0 amide bonds. The molecule has 1 aromatic rings. The second-order valence-electron chi connectivity index (χ2n) is 4.27. The Labute approximate surface area is 100 Å². The van der Waals surface area contributed by atoms with Crippen LogP contribution in [0.1, 0.15) is 26.6 Å². The van der Waals surface area contributed by atoms with Crippen molar-refractivity contribution < 1.29 is 9.90 Å². The molecule has 0 aliphatic carbocycles. The number of carboxylic acids is 1. The van der Waals surface area contributed by atoms with Crippen molar-refractivity contribution in [3.8, 4) is 0 Å². The zero-order valence-corrected chi connectivity index (χ0v) is 10.5. The summed E-state index contributed by atoms with van der Waals surface area (Å²) in [5.41, 5.74) is -1.07. The lowest BCUT2D eigenvalue weighted by atomic mass is 10.1. The van der Waals surface area contributed by atoms with Crippen LogP contribution in [0.5, 0.6) is 0 Å². The average molecular weight is 238 g/mol. The molecule has 0 radical (unpaired) electrons. The van der Waals surface area contributed by atoms with E-state index in [2.05, 4.69) is 20.6 Å². The van der Waals surface area contributed by atoms with Crippen LogP contribution < -0.4 is 10.6 Å². The van der Waals surface area contributed by atoms with Gasteiger partial charge in [-0.2, -0.15) is 0 Å². The lowest BCUT2D eigenvalue weighted by Crippen LogP contribution is -2.40. The molecule has 1 rings (SSSR count). The Morgan fingerprint density at radius 2 is 2.00 bits per heavy atom. The molecule has 94 valence electrons. The van der Waals surface area contributed by atoms with E-state index in [0.717, 1.165) is 6.54 Å². The van der Waals surface area contributed by atoms with Crippen LogP contribution in [0.25, 0.3) is 0 Å². The maximum absolute atomic E-state index is 11.0. The first-order valence-corrected chi connectivity index (χ1v) is 5.46. The van der Waals surface area contributed by atoms with Crippen LogP contribution in [-0.4, -0.2) is 33.1 Å². The van der Waals surface area contributed by atoms with Gasteiger partial charge in [-0.3, -0.25) is 0 Å². The van der Waals surface area contributed by atoms with Crippen molar-refractivity contribution in [1.29, 1.82) is 0 Å². The van der Waals surface area contributed by atoms with Crippen molar-refractivity contribution >= 4 is 17.6 Å². The summed E-state index contributed by atoms with van der Waals surface area (Å²) in [6, 6.07) is 1.70. The van der Waals surface area contributed by atoms with E-state index < -0.39 is 11.5 Å². The molecule has 0 fully saturated rings. The van der Waals surface area contributed by atoms with Crippen molar-refractivity contribution in [2.75, 3.05) is 17.2 Å². The number of anilines is 2. The lowest BCUT2D eigenvalue weighted by Gasteiger charge is -2.22. The molecule has 17 heavy (non-hydrogen) atoms. The highest BCUT2D eigenvalue weighted by atomic mass is 16.4. The van der Waals surface area contributed by atoms with Gasteiger partial charge in [-0.15, -0.1) is 0 Å². The van der Waals surface area contributed by atoms with Gasteiger partial charge in [0.25, 0.3) is 0 Å². The van der Waals surface area contributed by atoms with Crippen LogP contribution in [0, 0.1) is 6.92 Å². The highest BCUT2D eigenvalue weighted by molar-refractivity contribution is 5.81. The minimum absolute atomic E-state index is 0.501. The number of aryl methyl sites for hydroxylation is 1. The molecular formula is C11H18N4O2. The molecule has 6 nitrogen and oxygen atoms in total. The summed E-state index contributed by atoms with van der Waals surface area (Å²) >= 11 is 0. The fourth-order valence-corrected chi connectivity index (χ4v) is 1.28. The third-order valence-corrected chi connectivity index (χ3v) is 2.17. The van der Waals surface area contributed by atoms with Crippen molar-refractivity contribution in [1.82, 2.24) is 9.97 Å². The Balaban J connectivity index is 2.95. The van der Waals surface area contributed by atoms with E-state index in [-0.39, 0.29) is 0 Å². The standard InChI is InChI=1S/C11H18N4O2/c1-5-12-8-6-9(14-7(2)13-8)15-11(3,4)10(16)17/h6H,5H2,1-4H3,(H,16,17)(H2,12,13,14,15). The van der Waals surface area contributed by atoms with Crippen molar-refractivity contribution in [3.05, 3.63) is 11.9 Å². The maximum Gasteiger partial charge on any atom is 0.328 e. The summed E-state index contributed by atoms with van der Waals surface area (Å²) < 4.78 is 0. The Morgan fingerprint density at radius 1 is 1.41 bits per heavy atom. The van der Waals surface area contributed by atoms with Crippen LogP contribution in [0.15, 0.2) is 6.07 Å². The molecule has 0 aliphatic heterocycles. The monoisotopic (exact) mass is 238 g/mol. The summed E-state index contributed by atoms with van der Waals surface area (Å²) in [7, 11) is 0. The van der Waals surface area contributed by atoms with Gasteiger partial charge < -0.3 is 15.7 Å². The molecule has 0 bridgehead atoms. The highest BCUT2D eigenvalue weighted by Crippen LogP contribution is 2.16. The Kier molecular flexibility index (Phi) is 3.88. The molecule has 1 heterocycles. The smallest absolute Gasteiger partial charge is 0.328 e. The van der Waals surface area contributed by atoms with Crippen LogP contribution in [0.3, 0.4) is 0 Å². The predicted molar refractivity (Wildman–Crippen MR) is 66.3 cm³/mol. The van der Waals surface area contributed by atoms with Crippen LogP contribution in [0.4, 0.5) is 11.6 Å². The average Bonchev–Trinajstić information content (AvgIpc) is 2.15. The molecule has 0 aliphatic rings. The number of rotatable bonds is 5. The van der Waals surface area contributed by atoms with Gasteiger partial charge in [0.05, 0.1) is 0 Å². The van der Waals surface area contributed by atoms with Gasteiger partial charge in [-0.05, 0) is 27.7 Å². The number of carbonyl (C=O) groups is 1. The molecule has 0 saturated carbocycles. The largest absolute Gasteiger partial charge is 0.480 e. The van der Waals surface area contributed by atoms with E-state index >= 15 is 0 Å². The van der Waals surface area contributed by atoms with E-state index in [1.165, 1.54) is 0 Å². The van der Waals surface area contributed by atoms with Crippen LogP contribution in [-0.2, 0) is 4.79 Å². The fraction of sp³-hybridized carbons (Fsp3) is 0.545. The van der Waals surface area contributed by atoms with E-state index in [4.69, 9.17) is 5.11 Å². The summed E-state index contributed by atoms with van der Waals surface area (Å²) in [4.78, 5) is 19.3. The van der Waals surface area contributed by atoms with E-state index in [9.17, 15) is 4.79 Å². The Hall–Kier alpha value is -1.85. The molecule has 6 heteroatoms. The second-order valence-corrected chi connectivity index (χ2v) is 4.27. The first-order chi connectivity index (χ1) is 7.85.